The number of nitrogens with one attached hydrogen (secondary N) is 1. The predicted molar refractivity (Wildman–Crippen MR) is 80.5 cm³/mol. The number of carbonyl (C=O) groups is 1. The van der Waals surface area contributed by atoms with Crippen LogP contribution in [0.1, 0.15) is 30.1 Å². The van der Waals surface area contributed by atoms with Crippen molar-refractivity contribution in [1.82, 2.24) is 5.32 Å². The predicted octanol–water partition coefficient (Wildman–Crippen LogP) is 1.27. The second-order valence-electron chi connectivity index (χ2n) is 5.05. The minimum atomic E-state index is -0.441. The number of hydrogen-bond acceptors (Lipinski definition) is 5. The van der Waals surface area contributed by atoms with Crippen LogP contribution in [0.2, 0.25) is 0 Å². The SMILES string of the molecule is CCNC(=O)c1ccc(N2CCCC2CN)c([N+](=O)[O-])c1. The highest BCUT2D eigenvalue weighted by Crippen LogP contribution is 2.34. The maximum absolute atomic E-state index is 11.8. The Hall–Kier alpha value is -2.15. The van der Waals surface area contributed by atoms with Crippen molar-refractivity contribution in [3.8, 4) is 0 Å². The van der Waals surface area contributed by atoms with Gasteiger partial charge in [0.05, 0.1) is 4.92 Å². The molecular formula is C14H20N4O3. The number of benzene rings is 1. The molecule has 0 spiro atoms. The smallest absolute Gasteiger partial charge is 0.293 e. The molecule has 1 unspecified atom stereocenters. The van der Waals surface area contributed by atoms with Crippen molar-refractivity contribution >= 4 is 17.3 Å². The summed E-state index contributed by atoms with van der Waals surface area (Å²) < 4.78 is 0. The Labute approximate surface area is 123 Å². The fourth-order valence-electron chi connectivity index (χ4n) is 2.71. The van der Waals surface area contributed by atoms with Gasteiger partial charge < -0.3 is 16.0 Å². The van der Waals surface area contributed by atoms with Crippen LogP contribution in [0.3, 0.4) is 0 Å². The third-order valence-electron chi connectivity index (χ3n) is 3.73. The van der Waals surface area contributed by atoms with Crippen LogP contribution in [0, 0.1) is 10.1 Å². The number of anilines is 1. The Morgan fingerprint density at radius 3 is 2.95 bits per heavy atom. The minimum Gasteiger partial charge on any atom is -0.362 e. The molecule has 0 aromatic heterocycles. The zero-order valence-corrected chi connectivity index (χ0v) is 12.0. The quantitative estimate of drug-likeness (QED) is 0.628. The van der Waals surface area contributed by atoms with E-state index in [4.69, 9.17) is 5.73 Å². The molecule has 1 fully saturated rings. The molecule has 1 atom stereocenters. The van der Waals surface area contributed by atoms with E-state index in [1.165, 1.54) is 6.07 Å². The van der Waals surface area contributed by atoms with Crippen molar-refractivity contribution in [2.75, 3.05) is 24.5 Å². The lowest BCUT2D eigenvalue weighted by Gasteiger charge is -2.25. The molecule has 0 bridgehead atoms. The van der Waals surface area contributed by atoms with Gasteiger partial charge in [0.15, 0.2) is 0 Å². The summed E-state index contributed by atoms with van der Waals surface area (Å²) in [7, 11) is 0. The summed E-state index contributed by atoms with van der Waals surface area (Å²) in [5, 5.41) is 14.0. The number of nitro benzene ring substituents is 1. The minimum absolute atomic E-state index is 0.0425. The third kappa shape index (κ3) is 3.13. The van der Waals surface area contributed by atoms with E-state index in [2.05, 4.69) is 5.32 Å². The Balaban J connectivity index is 2.38. The van der Waals surface area contributed by atoms with Gasteiger partial charge in [0.2, 0.25) is 0 Å². The molecule has 0 saturated carbocycles. The normalized spacial score (nSPS) is 17.8. The van der Waals surface area contributed by atoms with E-state index in [1.54, 1.807) is 19.1 Å². The second-order valence-corrected chi connectivity index (χ2v) is 5.05. The Morgan fingerprint density at radius 2 is 2.33 bits per heavy atom. The number of nitrogens with two attached hydrogens (primary N) is 1. The molecule has 1 amide bonds. The molecular weight excluding hydrogens is 272 g/mol. The van der Waals surface area contributed by atoms with E-state index < -0.39 is 4.92 Å². The molecule has 114 valence electrons. The summed E-state index contributed by atoms with van der Waals surface area (Å²) in [6.07, 6.45) is 1.91. The summed E-state index contributed by atoms with van der Waals surface area (Å²) in [4.78, 5) is 24.7. The second kappa shape index (κ2) is 6.53. The standard InChI is InChI=1S/C14H20N4O3/c1-2-16-14(19)10-5-6-12(13(8-10)18(20)21)17-7-3-4-11(17)9-15/h5-6,8,11H,2-4,7,9,15H2,1H3,(H,16,19). The average molecular weight is 292 g/mol. The highest BCUT2D eigenvalue weighted by molar-refractivity contribution is 5.95. The maximum atomic E-state index is 11.8. The number of nitrogens with zero attached hydrogens (tertiary/aromatic N) is 2. The van der Waals surface area contributed by atoms with Crippen LogP contribution < -0.4 is 16.0 Å². The lowest BCUT2D eigenvalue weighted by Crippen LogP contribution is -2.35. The van der Waals surface area contributed by atoms with Crippen molar-refractivity contribution in [3.05, 3.63) is 33.9 Å². The maximum Gasteiger partial charge on any atom is 0.293 e. The summed E-state index contributed by atoms with van der Waals surface area (Å²) in [5.74, 6) is -0.302. The number of carbonyl (C=O) groups excluding carboxylic acids is 1. The molecule has 7 heteroatoms. The van der Waals surface area contributed by atoms with Gasteiger partial charge in [0.1, 0.15) is 5.69 Å². The molecule has 7 nitrogen and oxygen atoms in total. The number of hydrogen-bond donors (Lipinski definition) is 2. The van der Waals surface area contributed by atoms with E-state index in [0.717, 1.165) is 19.4 Å². The topological polar surface area (TPSA) is 102 Å². The Morgan fingerprint density at radius 1 is 1.57 bits per heavy atom. The van der Waals surface area contributed by atoms with Gasteiger partial charge >= 0.3 is 0 Å². The number of amides is 1. The molecule has 0 radical (unpaired) electrons. The lowest BCUT2D eigenvalue weighted by atomic mass is 10.1. The van der Waals surface area contributed by atoms with Crippen LogP contribution in [-0.4, -0.2) is 36.5 Å². The largest absolute Gasteiger partial charge is 0.362 e. The summed E-state index contributed by atoms with van der Waals surface area (Å²) in [6.45, 7) is 3.50. The van der Waals surface area contributed by atoms with Crippen LogP contribution in [0.15, 0.2) is 18.2 Å². The first-order chi connectivity index (χ1) is 10.1. The van der Waals surface area contributed by atoms with Gasteiger partial charge in [-0.1, -0.05) is 0 Å². The molecule has 1 heterocycles. The van der Waals surface area contributed by atoms with Crippen molar-refractivity contribution in [2.45, 2.75) is 25.8 Å². The van der Waals surface area contributed by atoms with Crippen LogP contribution in [0.25, 0.3) is 0 Å². The van der Waals surface area contributed by atoms with Gasteiger partial charge in [-0.3, -0.25) is 14.9 Å². The summed E-state index contributed by atoms with van der Waals surface area (Å²) in [5.41, 5.74) is 6.53. The highest BCUT2D eigenvalue weighted by atomic mass is 16.6. The van der Waals surface area contributed by atoms with E-state index in [9.17, 15) is 14.9 Å². The van der Waals surface area contributed by atoms with Crippen molar-refractivity contribution in [2.24, 2.45) is 5.73 Å². The first-order valence-corrected chi connectivity index (χ1v) is 7.11. The van der Waals surface area contributed by atoms with Crippen molar-refractivity contribution in [1.29, 1.82) is 0 Å². The van der Waals surface area contributed by atoms with E-state index >= 15 is 0 Å². The first-order valence-electron chi connectivity index (χ1n) is 7.11. The first kappa shape index (κ1) is 15.2. The number of nitro groups is 1. The van der Waals surface area contributed by atoms with Gasteiger partial charge in [0, 0.05) is 37.3 Å². The molecule has 2 rings (SSSR count). The summed E-state index contributed by atoms with van der Waals surface area (Å²) in [6, 6.07) is 4.74. The van der Waals surface area contributed by atoms with Gasteiger partial charge in [-0.2, -0.15) is 0 Å². The molecule has 0 aliphatic carbocycles. The van der Waals surface area contributed by atoms with Crippen molar-refractivity contribution < 1.29 is 9.72 Å². The fraction of sp³-hybridized carbons (Fsp3) is 0.500. The molecule has 1 saturated heterocycles. The summed E-state index contributed by atoms with van der Waals surface area (Å²) >= 11 is 0. The zero-order valence-electron chi connectivity index (χ0n) is 12.0. The van der Waals surface area contributed by atoms with Crippen LogP contribution in [0.5, 0.6) is 0 Å². The molecule has 1 aromatic rings. The van der Waals surface area contributed by atoms with Crippen LogP contribution >= 0.6 is 0 Å². The molecule has 1 aromatic carbocycles. The van der Waals surface area contributed by atoms with Crippen molar-refractivity contribution in [3.63, 3.8) is 0 Å². The molecule has 21 heavy (non-hydrogen) atoms. The lowest BCUT2D eigenvalue weighted by molar-refractivity contribution is -0.384. The van der Waals surface area contributed by atoms with E-state index in [0.29, 0.717) is 24.3 Å². The molecule has 3 N–H and O–H groups in total. The monoisotopic (exact) mass is 292 g/mol. The Bertz CT molecular complexity index is 547. The van der Waals surface area contributed by atoms with Crippen LogP contribution in [0.4, 0.5) is 11.4 Å². The molecule has 1 aliphatic heterocycles. The average Bonchev–Trinajstić information content (AvgIpc) is 2.95. The van der Waals surface area contributed by atoms with Gasteiger partial charge in [0.25, 0.3) is 11.6 Å². The highest BCUT2D eigenvalue weighted by Gasteiger charge is 2.29. The van der Waals surface area contributed by atoms with E-state index in [-0.39, 0.29) is 17.6 Å². The van der Waals surface area contributed by atoms with Gasteiger partial charge in [-0.15, -0.1) is 0 Å². The molecule has 1 aliphatic rings. The number of rotatable bonds is 5. The van der Waals surface area contributed by atoms with Gasteiger partial charge in [-0.05, 0) is 31.9 Å². The van der Waals surface area contributed by atoms with E-state index in [1.807, 2.05) is 4.90 Å². The zero-order chi connectivity index (χ0) is 15.4. The van der Waals surface area contributed by atoms with Gasteiger partial charge in [-0.25, -0.2) is 0 Å². The Kier molecular flexibility index (Phi) is 4.74. The third-order valence-corrected chi connectivity index (χ3v) is 3.73. The van der Waals surface area contributed by atoms with Crippen LogP contribution in [-0.2, 0) is 0 Å². The fourth-order valence-corrected chi connectivity index (χ4v) is 2.71.